The molecule has 2 rings (SSSR count). The fourth-order valence-electron chi connectivity index (χ4n) is 1.94. The molecule has 0 fully saturated rings. The van der Waals surface area contributed by atoms with Crippen LogP contribution in [0.3, 0.4) is 0 Å². The van der Waals surface area contributed by atoms with Gasteiger partial charge in [-0.25, -0.2) is 0 Å². The second-order valence-electron chi connectivity index (χ2n) is 4.75. The Morgan fingerprint density at radius 1 is 1.14 bits per heavy atom. The number of rotatable bonds is 6. The Kier molecular flexibility index (Phi) is 5.25. The molecule has 1 aromatic carbocycles. The second-order valence-corrected chi connectivity index (χ2v) is 4.75. The molecule has 0 amide bonds. The lowest BCUT2D eigenvalue weighted by Crippen LogP contribution is -2.09. The summed E-state index contributed by atoms with van der Waals surface area (Å²) in [5.41, 5.74) is -0.220. The number of hydrogen-bond donors (Lipinski definition) is 0. The number of furan rings is 1. The van der Waals surface area contributed by atoms with Gasteiger partial charge in [-0.05, 0) is 23.8 Å². The highest BCUT2D eigenvalue weighted by molar-refractivity contribution is 5.69. The molecule has 0 bridgehead atoms. The first-order valence-electron chi connectivity index (χ1n) is 6.79. The van der Waals surface area contributed by atoms with Crippen molar-refractivity contribution in [2.75, 3.05) is 6.61 Å². The molecule has 0 aliphatic rings. The molecule has 0 aliphatic carbocycles. The van der Waals surface area contributed by atoms with Gasteiger partial charge in [-0.2, -0.15) is 13.2 Å². The van der Waals surface area contributed by atoms with Crippen molar-refractivity contribution in [2.24, 2.45) is 0 Å². The number of hydrogen-bond acceptors (Lipinski definition) is 3. The molecule has 2 aromatic rings. The van der Waals surface area contributed by atoms with Crippen molar-refractivity contribution in [1.29, 1.82) is 0 Å². The summed E-state index contributed by atoms with van der Waals surface area (Å²) in [7, 11) is 0. The van der Waals surface area contributed by atoms with E-state index in [2.05, 4.69) is 0 Å². The van der Waals surface area contributed by atoms with Crippen LogP contribution >= 0.6 is 0 Å². The minimum Gasteiger partial charge on any atom is -0.469 e. The van der Waals surface area contributed by atoms with Gasteiger partial charge in [0.2, 0.25) is 0 Å². The lowest BCUT2D eigenvalue weighted by Gasteiger charge is -2.09. The average Bonchev–Trinajstić information content (AvgIpc) is 2.98. The maximum atomic E-state index is 12.6. The van der Waals surface area contributed by atoms with Crippen LogP contribution in [-0.2, 0) is 28.5 Å². The first-order valence-corrected chi connectivity index (χ1v) is 6.79. The molecule has 0 saturated carbocycles. The first-order chi connectivity index (χ1) is 10.4. The number of aryl methyl sites for hydroxylation is 1. The highest BCUT2D eigenvalue weighted by atomic mass is 19.4. The van der Waals surface area contributed by atoms with Crippen LogP contribution in [0.15, 0.2) is 47.1 Å². The molecule has 0 saturated heterocycles. The Bertz CT molecular complexity index is 603. The van der Waals surface area contributed by atoms with E-state index in [1.807, 2.05) is 0 Å². The zero-order valence-corrected chi connectivity index (χ0v) is 11.7. The van der Waals surface area contributed by atoms with Crippen LogP contribution in [0, 0.1) is 0 Å². The fraction of sp³-hybridized carbons (Fsp3) is 0.312. The van der Waals surface area contributed by atoms with E-state index in [9.17, 15) is 18.0 Å². The molecular weight excluding hydrogens is 297 g/mol. The number of ether oxygens (including phenoxy) is 1. The van der Waals surface area contributed by atoms with Crippen molar-refractivity contribution in [3.05, 3.63) is 59.5 Å². The molecule has 0 unspecified atom stereocenters. The van der Waals surface area contributed by atoms with Gasteiger partial charge in [0.25, 0.3) is 0 Å². The van der Waals surface area contributed by atoms with Gasteiger partial charge in [0.1, 0.15) is 5.76 Å². The van der Waals surface area contributed by atoms with Crippen LogP contribution in [0.1, 0.15) is 23.3 Å². The maximum Gasteiger partial charge on any atom is 0.416 e. The standard InChI is InChI=1S/C16H15F3O3/c17-16(18,19)13-4-1-3-12(11-13)8-10-22-15(20)7-6-14-5-2-9-21-14/h1-5,9,11H,6-8,10H2. The zero-order valence-electron chi connectivity index (χ0n) is 11.7. The summed E-state index contributed by atoms with van der Waals surface area (Å²) in [6.45, 7) is 0.0539. The molecule has 118 valence electrons. The van der Waals surface area contributed by atoms with E-state index in [-0.39, 0.29) is 19.4 Å². The van der Waals surface area contributed by atoms with E-state index in [1.165, 1.54) is 12.3 Å². The monoisotopic (exact) mass is 312 g/mol. The van der Waals surface area contributed by atoms with E-state index in [0.29, 0.717) is 17.7 Å². The molecule has 1 aromatic heterocycles. The summed E-state index contributed by atoms with van der Waals surface area (Å²) in [6, 6.07) is 8.49. The van der Waals surface area contributed by atoms with Gasteiger partial charge < -0.3 is 9.15 Å². The van der Waals surface area contributed by atoms with E-state index in [0.717, 1.165) is 12.1 Å². The first kappa shape index (κ1) is 16.1. The third-order valence-electron chi connectivity index (χ3n) is 3.06. The number of alkyl halides is 3. The smallest absolute Gasteiger partial charge is 0.416 e. The third kappa shape index (κ3) is 4.95. The quantitative estimate of drug-likeness (QED) is 0.756. The molecule has 0 N–H and O–H groups in total. The summed E-state index contributed by atoms with van der Waals surface area (Å²) < 4.78 is 47.8. The van der Waals surface area contributed by atoms with Crippen molar-refractivity contribution < 1.29 is 27.1 Å². The summed E-state index contributed by atoms with van der Waals surface area (Å²) in [4.78, 5) is 11.5. The number of esters is 1. The molecule has 0 aliphatic heterocycles. The van der Waals surface area contributed by atoms with Gasteiger partial charge in [0.15, 0.2) is 0 Å². The van der Waals surface area contributed by atoms with E-state index < -0.39 is 17.7 Å². The predicted molar refractivity (Wildman–Crippen MR) is 73.1 cm³/mol. The summed E-state index contributed by atoms with van der Waals surface area (Å²) >= 11 is 0. The molecule has 0 spiro atoms. The van der Waals surface area contributed by atoms with E-state index >= 15 is 0 Å². The topological polar surface area (TPSA) is 39.4 Å². The average molecular weight is 312 g/mol. The minimum absolute atomic E-state index is 0.0539. The summed E-state index contributed by atoms with van der Waals surface area (Å²) in [5, 5.41) is 0. The van der Waals surface area contributed by atoms with Gasteiger partial charge in [-0.3, -0.25) is 4.79 Å². The Labute approximate surface area is 125 Å². The third-order valence-corrected chi connectivity index (χ3v) is 3.06. The van der Waals surface area contributed by atoms with Crippen molar-refractivity contribution in [3.63, 3.8) is 0 Å². The lowest BCUT2D eigenvalue weighted by molar-refractivity contribution is -0.143. The van der Waals surface area contributed by atoms with Crippen molar-refractivity contribution in [3.8, 4) is 0 Å². The van der Waals surface area contributed by atoms with Crippen LogP contribution in [-0.4, -0.2) is 12.6 Å². The molecule has 1 heterocycles. The van der Waals surface area contributed by atoms with Crippen molar-refractivity contribution in [1.82, 2.24) is 0 Å². The van der Waals surface area contributed by atoms with Crippen molar-refractivity contribution >= 4 is 5.97 Å². The molecule has 0 radical (unpaired) electrons. The zero-order chi connectivity index (χ0) is 16.0. The maximum absolute atomic E-state index is 12.6. The predicted octanol–water partition coefficient (Wildman–Crippen LogP) is 4.02. The number of carbonyl (C=O) groups excluding carboxylic acids is 1. The van der Waals surface area contributed by atoms with Gasteiger partial charge in [0, 0.05) is 12.8 Å². The summed E-state index contributed by atoms with van der Waals surface area (Å²) in [5.74, 6) is 0.290. The highest BCUT2D eigenvalue weighted by Gasteiger charge is 2.30. The van der Waals surface area contributed by atoms with Gasteiger partial charge >= 0.3 is 12.1 Å². The van der Waals surface area contributed by atoms with Crippen LogP contribution < -0.4 is 0 Å². The molecule has 0 atom stereocenters. The lowest BCUT2D eigenvalue weighted by atomic mass is 10.1. The Morgan fingerprint density at radius 2 is 1.95 bits per heavy atom. The molecule has 22 heavy (non-hydrogen) atoms. The minimum atomic E-state index is -4.37. The highest BCUT2D eigenvalue weighted by Crippen LogP contribution is 2.29. The van der Waals surface area contributed by atoms with Crippen LogP contribution in [0.2, 0.25) is 0 Å². The van der Waals surface area contributed by atoms with Crippen LogP contribution in [0.5, 0.6) is 0 Å². The number of halogens is 3. The van der Waals surface area contributed by atoms with Gasteiger partial charge in [0.05, 0.1) is 24.9 Å². The van der Waals surface area contributed by atoms with Crippen LogP contribution in [0.25, 0.3) is 0 Å². The Morgan fingerprint density at radius 3 is 2.64 bits per heavy atom. The van der Waals surface area contributed by atoms with E-state index in [4.69, 9.17) is 9.15 Å². The van der Waals surface area contributed by atoms with E-state index in [1.54, 1.807) is 18.2 Å². The Balaban J connectivity index is 1.75. The van der Waals surface area contributed by atoms with Gasteiger partial charge in [-0.1, -0.05) is 18.2 Å². The van der Waals surface area contributed by atoms with Crippen LogP contribution in [0.4, 0.5) is 13.2 Å². The summed E-state index contributed by atoms with van der Waals surface area (Å²) in [6.07, 6.45) is -1.98. The fourth-order valence-corrected chi connectivity index (χ4v) is 1.94. The normalized spacial score (nSPS) is 11.4. The molecule has 3 nitrogen and oxygen atoms in total. The Hall–Kier alpha value is -2.24. The molecule has 6 heteroatoms. The number of carbonyl (C=O) groups is 1. The van der Waals surface area contributed by atoms with Gasteiger partial charge in [-0.15, -0.1) is 0 Å². The van der Waals surface area contributed by atoms with Crippen molar-refractivity contribution in [2.45, 2.75) is 25.4 Å². The molecular formula is C16H15F3O3. The number of benzene rings is 1. The SMILES string of the molecule is O=C(CCc1ccco1)OCCc1cccc(C(F)(F)F)c1. The largest absolute Gasteiger partial charge is 0.469 e. The second kappa shape index (κ2) is 7.15.